The Labute approximate surface area is 220 Å². The van der Waals surface area contributed by atoms with Gasteiger partial charge in [0.1, 0.15) is 29.5 Å². The highest BCUT2D eigenvalue weighted by Gasteiger charge is 2.25. The van der Waals surface area contributed by atoms with Gasteiger partial charge in [-0.25, -0.2) is 0 Å². The fourth-order valence-corrected chi connectivity index (χ4v) is 4.32. The topological polar surface area (TPSA) is 57.2 Å². The molecule has 1 atom stereocenters. The molecule has 0 bridgehead atoms. The zero-order valence-corrected chi connectivity index (χ0v) is 22.2. The van der Waals surface area contributed by atoms with Crippen molar-refractivity contribution in [3.63, 3.8) is 0 Å². The van der Waals surface area contributed by atoms with E-state index in [-0.39, 0.29) is 12.1 Å². The number of carbonyl (C=O) groups is 1. The smallest absolute Gasteiger partial charge is 0.307 e. The molecule has 0 amide bonds. The number of rotatable bonds is 9. The molecule has 1 aliphatic rings. The van der Waals surface area contributed by atoms with Crippen molar-refractivity contribution < 1.29 is 23.7 Å². The van der Waals surface area contributed by atoms with Crippen LogP contribution in [-0.4, -0.2) is 42.7 Å². The zero-order valence-electron chi connectivity index (χ0n) is 22.2. The van der Waals surface area contributed by atoms with E-state index in [4.69, 9.17) is 18.9 Å². The fraction of sp³-hybridized carbons (Fsp3) is 0.387. The Morgan fingerprint density at radius 3 is 2.51 bits per heavy atom. The minimum Gasteiger partial charge on any atom is -0.489 e. The highest BCUT2D eigenvalue weighted by atomic mass is 16.6. The van der Waals surface area contributed by atoms with Crippen LogP contribution < -0.4 is 9.47 Å². The maximum absolute atomic E-state index is 12.1. The normalized spacial score (nSPS) is 16.3. The Morgan fingerprint density at radius 1 is 0.973 bits per heavy atom. The van der Waals surface area contributed by atoms with Crippen LogP contribution in [0.1, 0.15) is 50.0 Å². The van der Waals surface area contributed by atoms with Gasteiger partial charge in [-0.15, -0.1) is 0 Å². The summed E-state index contributed by atoms with van der Waals surface area (Å²) in [5.74, 6) is 2.24. The standard InChI is InChI=1S/C31H37NO5/c1-23-19-26(35-22-24-9-8-12-27(20-24)36-25-10-6-5-7-11-25)13-14-28(23)29-21-32(17-18-34-29)16-15-30(33)37-31(2,3)4/h5-14,19-20,29H,15-18,21-22H2,1-4H3. The monoisotopic (exact) mass is 503 g/mol. The molecule has 1 aliphatic heterocycles. The summed E-state index contributed by atoms with van der Waals surface area (Å²) in [4.78, 5) is 14.4. The molecule has 0 saturated carbocycles. The molecule has 6 heteroatoms. The van der Waals surface area contributed by atoms with Crippen LogP contribution in [0, 0.1) is 6.92 Å². The molecule has 1 fully saturated rings. The van der Waals surface area contributed by atoms with Gasteiger partial charge >= 0.3 is 5.97 Å². The van der Waals surface area contributed by atoms with E-state index in [1.54, 1.807) is 0 Å². The van der Waals surface area contributed by atoms with Gasteiger partial charge in [-0.3, -0.25) is 9.69 Å². The van der Waals surface area contributed by atoms with Crippen molar-refractivity contribution in [2.45, 2.75) is 52.4 Å². The van der Waals surface area contributed by atoms with Crippen molar-refractivity contribution in [1.82, 2.24) is 4.90 Å². The number of hydrogen-bond acceptors (Lipinski definition) is 6. The predicted octanol–water partition coefficient (Wildman–Crippen LogP) is 6.47. The van der Waals surface area contributed by atoms with E-state index in [1.165, 1.54) is 0 Å². The Kier molecular flexibility index (Phi) is 8.85. The lowest BCUT2D eigenvalue weighted by Crippen LogP contribution is -2.40. The number of nitrogens with zero attached hydrogens (tertiary/aromatic N) is 1. The first kappa shape index (κ1) is 26.7. The van der Waals surface area contributed by atoms with Crippen LogP contribution in [0.15, 0.2) is 72.8 Å². The average Bonchev–Trinajstić information content (AvgIpc) is 2.86. The second-order valence-electron chi connectivity index (χ2n) is 10.4. The molecule has 0 N–H and O–H groups in total. The molecular formula is C31H37NO5. The number of hydrogen-bond donors (Lipinski definition) is 0. The zero-order chi connectivity index (χ0) is 26.3. The molecular weight excluding hydrogens is 466 g/mol. The largest absolute Gasteiger partial charge is 0.489 e. The van der Waals surface area contributed by atoms with Crippen LogP contribution in [-0.2, 0) is 20.9 Å². The van der Waals surface area contributed by atoms with Crippen LogP contribution in [0.3, 0.4) is 0 Å². The Bertz CT molecular complexity index is 1170. The van der Waals surface area contributed by atoms with E-state index in [9.17, 15) is 4.79 Å². The number of esters is 1. The second kappa shape index (κ2) is 12.3. The summed E-state index contributed by atoms with van der Waals surface area (Å²) in [5, 5.41) is 0. The van der Waals surface area contributed by atoms with Gasteiger partial charge in [0, 0.05) is 19.6 Å². The molecule has 1 unspecified atom stereocenters. The Hall–Kier alpha value is -3.35. The average molecular weight is 504 g/mol. The number of para-hydroxylation sites is 1. The molecule has 6 nitrogen and oxygen atoms in total. The summed E-state index contributed by atoms with van der Waals surface area (Å²) in [6, 6.07) is 23.8. The lowest BCUT2D eigenvalue weighted by Gasteiger charge is -2.33. The van der Waals surface area contributed by atoms with Gasteiger partial charge in [0.05, 0.1) is 19.1 Å². The van der Waals surface area contributed by atoms with Gasteiger partial charge in [-0.2, -0.15) is 0 Å². The number of aryl methyl sites for hydroxylation is 1. The van der Waals surface area contributed by atoms with Crippen molar-refractivity contribution in [1.29, 1.82) is 0 Å². The van der Waals surface area contributed by atoms with Crippen LogP contribution in [0.5, 0.6) is 17.2 Å². The van der Waals surface area contributed by atoms with Crippen LogP contribution in [0.25, 0.3) is 0 Å². The maximum atomic E-state index is 12.1. The first-order valence-electron chi connectivity index (χ1n) is 12.9. The lowest BCUT2D eigenvalue weighted by atomic mass is 10.0. The summed E-state index contributed by atoms with van der Waals surface area (Å²) in [6.07, 6.45) is 0.348. The predicted molar refractivity (Wildman–Crippen MR) is 144 cm³/mol. The third kappa shape index (κ3) is 8.34. The summed E-state index contributed by atoms with van der Waals surface area (Å²) in [5.41, 5.74) is 2.85. The highest BCUT2D eigenvalue weighted by Crippen LogP contribution is 2.29. The van der Waals surface area contributed by atoms with Crippen molar-refractivity contribution >= 4 is 5.97 Å². The quantitative estimate of drug-likeness (QED) is 0.312. The van der Waals surface area contributed by atoms with Crippen LogP contribution in [0.4, 0.5) is 0 Å². The number of carbonyl (C=O) groups excluding carboxylic acids is 1. The van der Waals surface area contributed by atoms with Gasteiger partial charge in [-0.05, 0) is 80.8 Å². The van der Waals surface area contributed by atoms with Gasteiger partial charge in [0.25, 0.3) is 0 Å². The first-order valence-corrected chi connectivity index (χ1v) is 12.9. The molecule has 3 aromatic carbocycles. The number of benzene rings is 3. The summed E-state index contributed by atoms with van der Waals surface area (Å²) in [7, 11) is 0. The van der Waals surface area contributed by atoms with Gasteiger partial charge in [0.15, 0.2) is 0 Å². The number of morpholine rings is 1. The SMILES string of the molecule is Cc1cc(OCc2cccc(Oc3ccccc3)c2)ccc1C1CN(CCC(=O)OC(C)(C)C)CCO1. The minimum absolute atomic E-state index is 0.0340. The second-order valence-corrected chi connectivity index (χ2v) is 10.4. The minimum atomic E-state index is -0.454. The lowest BCUT2D eigenvalue weighted by molar-refractivity contribution is -0.155. The van der Waals surface area contributed by atoms with Crippen molar-refractivity contribution in [2.75, 3.05) is 26.2 Å². The van der Waals surface area contributed by atoms with E-state index < -0.39 is 5.60 Å². The highest BCUT2D eigenvalue weighted by molar-refractivity contribution is 5.70. The molecule has 37 heavy (non-hydrogen) atoms. The molecule has 0 radical (unpaired) electrons. The van der Waals surface area contributed by atoms with Crippen molar-refractivity contribution in [3.8, 4) is 17.2 Å². The number of ether oxygens (including phenoxy) is 4. The maximum Gasteiger partial charge on any atom is 0.307 e. The summed E-state index contributed by atoms with van der Waals surface area (Å²) < 4.78 is 23.5. The molecule has 1 heterocycles. The Morgan fingerprint density at radius 2 is 1.76 bits per heavy atom. The third-order valence-corrected chi connectivity index (χ3v) is 6.07. The van der Waals surface area contributed by atoms with Crippen LogP contribution in [0.2, 0.25) is 0 Å². The van der Waals surface area contributed by atoms with E-state index in [0.29, 0.717) is 26.2 Å². The van der Waals surface area contributed by atoms with E-state index >= 15 is 0 Å². The molecule has 0 aromatic heterocycles. The van der Waals surface area contributed by atoms with Gasteiger partial charge < -0.3 is 18.9 Å². The summed E-state index contributed by atoms with van der Waals surface area (Å²) in [6.45, 7) is 11.1. The summed E-state index contributed by atoms with van der Waals surface area (Å²) >= 11 is 0. The molecule has 1 saturated heterocycles. The third-order valence-electron chi connectivity index (χ3n) is 6.07. The van der Waals surface area contributed by atoms with Gasteiger partial charge in [0.2, 0.25) is 0 Å². The molecule has 4 rings (SSSR count). The van der Waals surface area contributed by atoms with E-state index in [0.717, 1.165) is 47.0 Å². The van der Waals surface area contributed by atoms with E-state index in [1.807, 2.05) is 81.4 Å². The van der Waals surface area contributed by atoms with Crippen molar-refractivity contribution in [2.24, 2.45) is 0 Å². The van der Waals surface area contributed by atoms with E-state index in [2.05, 4.69) is 24.0 Å². The fourth-order valence-electron chi connectivity index (χ4n) is 4.32. The first-order chi connectivity index (χ1) is 17.7. The molecule has 0 spiro atoms. The Balaban J connectivity index is 1.30. The molecule has 0 aliphatic carbocycles. The van der Waals surface area contributed by atoms with Crippen LogP contribution >= 0.6 is 0 Å². The van der Waals surface area contributed by atoms with Gasteiger partial charge in [-0.1, -0.05) is 36.4 Å². The molecule has 196 valence electrons. The van der Waals surface area contributed by atoms with Crippen molar-refractivity contribution in [3.05, 3.63) is 89.5 Å². The molecule has 3 aromatic rings.